The van der Waals surface area contributed by atoms with E-state index in [2.05, 4.69) is 9.47 Å². The Morgan fingerprint density at radius 2 is 2.11 bits per heavy atom. The largest absolute Gasteiger partial charge is 0.509 e. The Kier molecular flexibility index (Phi) is 6.23. The number of carbonyl (C=O) groups excluding carboxylic acids is 2. The predicted molar refractivity (Wildman–Crippen MR) is 70.5 cm³/mol. The van der Waals surface area contributed by atoms with Crippen molar-refractivity contribution >= 4 is 46.9 Å². The zero-order valence-electron chi connectivity index (χ0n) is 10.2. The van der Waals surface area contributed by atoms with E-state index in [4.69, 9.17) is 39.5 Å². The zero-order valence-corrected chi connectivity index (χ0v) is 12.4. The average Bonchev–Trinajstić information content (AvgIpc) is 2.35. The van der Waals surface area contributed by atoms with Crippen molar-refractivity contribution in [2.75, 3.05) is 13.7 Å². The fraction of sp³-hybridized carbons (Fsp3) is 0.636. The Labute approximate surface area is 125 Å². The first-order chi connectivity index (χ1) is 8.83. The lowest BCUT2D eigenvalue weighted by Crippen LogP contribution is -2.29. The molecule has 0 radical (unpaired) electrons. The molecule has 19 heavy (non-hydrogen) atoms. The van der Waals surface area contributed by atoms with Gasteiger partial charge in [0.25, 0.3) is 0 Å². The van der Waals surface area contributed by atoms with Gasteiger partial charge in [-0.15, -0.1) is 0 Å². The molecule has 1 aliphatic carbocycles. The maximum atomic E-state index is 11.5. The number of hydrogen-bond donors (Lipinski definition) is 0. The minimum absolute atomic E-state index is 0.305. The van der Waals surface area contributed by atoms with Gasteiger partial charge < -0.3 is 14.2 Å². The molecule has 0 amide bonds. The molecule has 0 aromatic carbocycles. The molecule has 0 bridgehead atoms. The third-order valence-corrected chi connectivity index (χ3v) is 2.72. The van der Waals surface area contributed by atoms with Gasteiger partial charge in [0.15, 0.2) is 0 Å². The minimum Gasteiger partial charge on any atom is -0.466 e. The highest BCUT2D eigenvalue weighted by Gasteiger charge is 2.29. The average molecular weight is 332 g/mol. The molecule has 0 aromatic heterocycles. The van der Waals surface area contributed by atoms with E-state index in [-0.39, 0.29) is 0 Å². The summed E-state index contributed by atoms with van der Waals surface area (Å²) in [5, 5.41) is 0. The summed E-state index contributed by atoms with van der Waals surface area (Å²) in [5.74, 6) is -0.529. The summed E-state index contributed by atoms with van der Waals surface area (Å²) in [7, 11) is 1.26. The molecule has 0 fully saturated rings. The van der Waals surface area contributed by atoms with Gasteiger partial charge in [-0.05, 0) is 19.3 Å². The molecule has 0 saturated carbocycles. The standard InChI is InChI=1S/C11H13Cl3O5/c1-17-9(15)7-4-2-3-5-8(7)19-10(16)18-6-11(12,13)14/h4,8H,2-3,5-6H2,1H3. The van der Waals surface area contributed by atoms with Gasteiger partial charge in [-0.1, -0.05) is 40.9 Å². The van der Waals surface area contributed by atoms with E-state index in [0.29, 0.717) is 12.0 Å². The van der Waals surface area contributed by atoms with Crippen LogP contribution in [0.15, 0.2) is 11.6 Å². The highest BCUT2D eigenvalue weighted by molar-refractivity contribution is 6.67. The number of alkyl halides is 3. The normalized spacial score (nSPS) is 19.4. The van der Waals surface area contributed by atoms with Crippen molar-refractivity contribution in [3.63, 3.8) is 0 Å². The Morgan fingerprint density at radius 3 is 2.68 bits per heavy atom. The van der Waals surface area contributed by atoms with Crippen molar-refractivity contribution < 1.29 is 23.8 Å². The molecule has 1 rings (SSSR count). The van der Waals surface area contributed by atoms with Crippen molar-refractivity contribution in [1.82, 2.24) is 0 Å². The fourth-order valence-corrected chi connectivity index (χ4v) is 1.76. The van der Waals surface area contributed by atoms with E-state index in [1.807, 2.05) is 0 Å². The quantitative estimate of drug-likeness (QED) is 0.587. The number of ether oxygens (including phenoxy) is 3. The van der Waals surface area contributed by atoms with E-state index >= 15 is 0 Å². The van der Waals surface area contributed by atoms with E-state index in [1.165, 1.54) is 7.11 Å². The van der Waals surface area contributed by atoms with Gasteiger partial charge in [0.1, 0.15) is 12.7 Å². The Balaban J connectivity index is 2.54. The van der Waals surface area contributed by atoms with E-state index in [9.17, 15) is 9.59 Å². The number of allylic oxidation sites excluding steroid dienone is 1. The molecule has 0 N–H and O–H groups in total. The molecule has 5 nitrogen and oxygen atoms in total. The molecule has 1 unspecified atom stereocenters. The van der Waals surface area contributed by atoms with Crippen LogP contribution in [0.2, 0.25) is 0 Å². The van der Waals surface area contributed by atoms with Crippen LogP contribution in [0.1, 0.15) is 19.3 Å². The lowest BCUT2D eigenvalue weighted by Gasteiger charge is -2.22. The van der Waals surface area contributed by atoms with Crippen LogP contribution in [0.25, 0.3) is 0 Å². The van der Waals surface area contributed by atoms with Crippen molar-refractivity contribution in [2.45, 2.75) is 29.2 Å². The monoisotopic (exact) mass is 330 g/mol. The number of rotatable bonds is 3. The zero-order chi connectivity index (χ0) is 14.5. The minimum atomic E-state index is -1.70. The SMILES string of the molecule is COC(=O)C1=CCCCC1OC(=O)OCC(Cl)(Cl)Cl. The molecule has 0 heterocycles. The Morgan fingerprint density at radius 1 is 1.42 bits per heavy atom. The van der Waals surface area contributed by atoms with Gasteiger partial charge in [0.2, 0.25) is 3.79 Å². The smallest absolute Gasteiger partial charge is 0.466 e. The molecule has 0 spiro atoms. The highest BCUT2D eigenvalue weighted by atomic mass is 35.6. The first-order valence-corrected chi connectivity index (χ1v) is 6.65. The van der Waals surface area contributed by atoms with Crippen LogP contribution in [-0.4, -0.2) is 35.7 Å². The van der Waals surface area contributed by atoms with Crippen LogP contribution in [0, 0.1) is 0 Å². The Bertz CT molecular complexity index is 375. The summed E-state index contributed by atoms with van der Waals surface area (Å²) in [4.78, 5) is 22.9. The van der Waals surface area contributed by atoms with Crippen molar-refractivity contribution in [1.29, 1.82) is 0 Å². The van der Waals surface area contributed by atoms with Crippen LogP contribution >= 0.6 is 34.8 Å². The maximum Gasteiger partial charge on any atom is 0.509 e. The van der Waals surface area contributed by atoms with E-state index in [1.54, 1.807) is 6.08 Å². The second-order valence-electron chi connectivity index (χ2n) is 3.84. The maximum absolute atomic E-state index is 11.5. The second kappa shape index (κ2) is 7.22. The lowest BCUT2D eigenvalue weighted by atomic mass is 9.96. The molecule has 1 atom stereocenters. The van der Waals surface area contributed by atoms with Crippen LogP contribution in [0.4, 0.5) is 4.79 Å². The summed E-state index contributed by atoms with van der Waals surface area (Å²) in [6.07, 6.45) is 2.04. The topological polar surface area (TPSA) is 61.8 Å². The van der Waals surface area contributed by atoms with Crippen LogP contribution in [-0.2, 0) is 19.0 Å². The molecule has 8 heteroatoms. The third-order valence-electron chi connectivity index (χ3n) is 2.39. The molecule has 0 aliphatic heterocycles. The van der Waals surface area contributed by atoms with Gasteiger partial charge >= 0.3 is 12.1 Å². The van der Waals surface area contributed by atoms with Crippen molar-refractivity contribution in [3.05, 3.63) is 11.6 Å². The van der Waals surface area contributed by atoms with Crippen LogP contribution < -0.4 is 0 Å². The first-order valence-electron chi connectivity index (χ1n) is 5.52. The summed E-state index contributed by atoms with van der Waals surface area (Å²) < 4.78 is 12.6. The lowest BCUT2D eigenvalue weighted by molar-refractivity contribution is -0.137. The predicted octanol–water partition coefficient (Wildman–Crippen LogP) is 3.16. The number of esters is 1. The van der Waals surface area contributed by atoms with Crippen molar-refractivity contribution in [2.24, 2.45) is 0 Å². The van der Waals surface area contributed by atoms with Gasteiger partial charge in [0.05, 0.1) is 12.7 Å². The Hall–Kier alpha value is -0.650. The molecule has 108 valence electrons. The van der Waals surface area contributed by atoms with Crippen LogP contribution in [0.5, 0.6) is 0 Å². The number of halogens is 3. The number of methoxy groups -OCH3 is 1. The summed E-state index contributed by atoms with van der Waals surface area (Å²) in [6, 6.07) is 0. The summed E-state index contributed by atoms with van der Waals surface area (Å²) in [6.45, 7) is -0.430. The molecule has 0 aromatic rings. The second-order valence-corrected chi connectivity index (χ2v) is 6.36. The van der Waals surface area contributed by atoms with Gasteiger partial charge in [-0.3, -0.25) is 0 Å². The van der Waals surface area contributed by atoms with Gasteiger partial charge in [-0.2, -0.15) is 0 Å². The highest BCUT2D eigenvalue weighted by Crippen LogP contribution is 2.27. The van der Waals surface area contributed by atoms with Gasteiger partial charge in [0, 0.05) is 0 Å². The third kappa shape index (κ3) is 5.89. The molecular formula is C11H13Cl3O5. The van der Waals surface area contributed by atoms with Crippen molar-refractivity contribution in [3.8, 4) is 0 Å². The number of carbonyl (C=O) groups is 2. The van der Waals surface area contributed by atoms with Gasteiger partial charge in [-0.25, -0.2) is 9.59 Å². The summed E-state index contributed by atoms with van der Waals surface area (Å²) in [5.41, 5.74) is 0.305. The number of hydrogen-bond acceptors (Lipinski definition) is 5. The van der Waals surface area contributed by atoms with E-state index < -0.39 is 28.6 Å². The molecule has 1 aliphatic rings. The van der Waals surface area contributed by atoms with Crippen LogP contribution in [0.3, 0.4) is 0 Å². The summed E-state index contributed by atoms with van der Waals surface area (Å²) >= 11 is 16.3. The molecule has 0 saturated heterocycles. The van der Waals surface area contributed by atoms with E-state index in [0.717, 1.165) is 12.8 Å². The first kappa shape index (κ1) is 16.4. The fourth-order valence-electron chi connectivity index (χ4n) is 1.59. The molecular weight excluding hydrogens is 318 g/mol.